The predicted molar refractivity (Wildman–Crippen MR) is 70.3 cm³/mol. The molecule has 3 aliphatic rings. The second kappa shape index (κ2) is 4.84. The molecule has 2 saturated heterocycles. The average Bonchev–Trinajstić information content (AvgIpc) is 2.90. The Morgan fingerprint density at radius 3 is 2.44 bits per heavy atom. The fourth-order valence-electron chi connectivity index (χ4n) is 3.94. The molecule has 102 valence electrons. The maximum atomic E-state index is 12.4. The van der Waals surface area contributed by atoms with Crippen LogP contribution < -0.4 is 5.32 Å². The van der Waals surface area contributed by atoms with Gasteiger partial charge in [0.1, 0.15) is 0 Å². The molecule has 0 radical (unpaired) electrons. The van der Waals surface area contributed by atoms with Gasteiger partial charge in [-0.3, -0.25) is 4.79 Å². The van der Waals surface area contributed by atoms with Crippen molar-refractivity contribution >= 4 is 5.91 Å². The lowest BCUT2D eigenvalue weighted by Crippen LogP contribution is -2.49. The normalized spacial score (nSPS) is 38.4. The minimum absolute atomic E-state index is 0.0371. The van der Waals surface area contributed by atoms with E-state index < -0.39 is 0 Å². The summed E-state index contributed by atoms with van der Waals surface area (Å²) in [6.07, 6.45) is 11.2. The van der Waals surface area contributed by atoms with Gasteiger partial charge in [0.05, 0.1) is 18.1 Å². The summed E-state index contributed by atoms with van der Waals surface area (Å²) in [5.41, 5.74) is 0.0371. The summed E-state index contributed by atoms with van der Waals surface area (Å²) in [5.74, 6) is 0.385. The molecule has 1 saturated carbocycles. The van der Waals surface area contributed by atoms with Gasteiger partial charge in [0.2, 0.25) is 5.91 Å². The fourth-order valence-corrected chi connectivity index (χ4v) is 3.94. The summed E-state index contributed by atoms with van der Waals surface area (Å²) < 4.78 is 5.79. The van der Waals surface area contributed by atoms with Gasteiger partial charge in [-0.1, -0.05) is 25.7 Å². The van der Waals surface area contributed by atoms with Crippen molar-refractivity contribution in [1.82, 2.24) is 5.32 Å². The SMILES string of the molecule is CC1(NC(=O)C2CC3CCC2O3)CCCCCC1. The van der Waals surface area contributed by atoms with Crippen molar-refractivity contribution < 1.29 is 9.53 Å². The smallest absolute Gasteiger partial charge is 0.226 e. The molecule has 1 amide bonds. The van der Waals surface area contributed by atoms with Crippen LogP contribution in [-0.2, 0) is 9.53 Å². The lowest BCUT2D eigenvalue weighted by molar-refractivity contribution is -0.128. The van der Waals surface area contributed by atoms with Gasteiger partial charge in [-0.15, -0.1) is 0 Å². The Morgan fingerprint density at radius 1 is 1.17 bits per heavy atom. The predicted octanol–water partition coefficient (Wildman–Crippen LogP) is 2.78. The van der Waals surface area contributed by atoms with Crippen molar-refractivity contribution in [2.45, 2.75) is 82.5 Å². The quantitative estimate of drug-likeness (QED) is 0.766. The third kappa shape index (κ3) is 2.42. The van der Waals surface area contributed by atoms with Crippen LogP contribution in [0.25, 0.3) is 0 Å². The standard InChI is InChI=1S/C15H25NO2/c1-15(8-4-2-3-5-9-15)16-14(17)12-10-11-6-7-13(12)18-11/h11-13H,2-10H2,1H3,(H,16,17). The highest BCUT2D eigenvalue weighted by atomic mass is 16.5. The van der Waals surface area contributed by atoms with Crippen molar-refractivity contribution in [2.24, 2.45) is 5.92 Å². The molecule has 0 aromatic carbocycles. The lowest BCUT2D eigenvalue weighted by Gasteiger charge is -2.32. The Kier molecular flexibility index (Phi) is 3.35. The third-order valence-corrected chi connectivity index (χ3v) is 5.07. The van der Waals surface area contributed by atoms with E-state index in [9.17, 15) is 4.79 Å². The van der Waals surface area contributed by atoms with E-state index in [1.807, 2.05) is 0 Å². The van der Waals surface area contributed by atoms with Crippen molar-refractivity contribution in [2.75, 3.05) is 0 Å². The summed E-state index contributed by atoms with van der Waals surface area (Å²) >= 11 is 0. The maximum Gasteiger partial charge on any atom is 0.226 e. The zero-order valence-corrected chi connectivity index (χ0v) is 11.4. The van der Waals surface area contributed by atoms with Gasteiger partial charge in [-0.05, 0) is 39.0 Å². The Labute approximate surface area is 110 Å². The van der Waals surface area contributed by atoms with E-state index in [4.69, 9.17) is 4.74 Å². The second-order valence-electron chi connectivity index (χ2n) is 6.68. The molecule has 2 aliphatic heterocycles. The molecule has 3 heteroatoms. The van der Waals surface area contributed by atoms with Crippen molar-refractivity contribution in [1.29, 1.82) is 0 Å². The number of rotatable bonds is 2. The molecule has 0 spiro atoms. The number of nitrogens with one attached hydrogen (secondary N) is 1. The first-order chi connectivity index (χ1) is 8.66. The summed E-state index contributed by atoms with van der Waals surface area (Å²) in [5, 5.41) is 3.34. The first-order valence-electron chi connectivity index (χ1n) is 7.64. The minimum Gasteiger partial charge on any atom is -0.374 e. The first kappa shape index (κ1) is 12.5. The van der Waals surface area contributed by atoms with E-state index in [1.54, 1.807) is 0 Å². The summed E-state index contributed by atoms with van der Waals surface area (Å²) in [7, 11) is 0. The zero-order valence-electron chi connectivity index (χ0n) is 11.4. The molecule has 3 nitrogen and oxygen atoms in total. The first-order valence-corrected chi connectivity index (χ1v) is 7.64. The zero-order chi connectivity index (χ0) is 12.6. The van der Waals surface area contributed by atoms with Crippen molar-refractivity contribution in [3.63, 3.8) is 0 Å². The van der Waals surface area contributed by atoms with Crippen LogP contribution in [0.4, 0.5) is 0 Å². The Morgan fingerprint density at radius 2 is 1.89 bits per heavy atom. The fraction of sp³-hybridized carbons (Fsp3) is 0.933. The third-order valence-electron chi connectivity index (χ3n) is 5.07. The molecule has 3 rings (SSSR count). The number of amides is 1. The molecule has 18 heavy (non-hydrogen) atoms. The van der Waals surface area contributed by atoms with Crippen LogP contribution in [0, 0.1) is 5.92 Å². The molecule has 3 atom stereocenters. The second-order valence-corrected chi connectivity index (χ2v) is 6.68. The van der Waals surface area contributed by atoms with E-state index in [0.29, 0.717) is 6.10 Å². The summed E-state index contributed by atoms with van der Waals surface area (Å²) in [6.45, 7) is 2.23. The maximum absolute atomic E-state index is 12.4. The van der Waals surface area contributed by atoms with Crippen LogP contribution >= 0.6 is 0 Å². The van der Waals surface area contributed by atoms with E-state index in [1.165, 1.54) is 25.7 Å². The highest BCUT2D eigenvalue weighted by Crippen LogP contribution is 2.39. The molecule has 2 bridgehead atoms. The Hall–Kier alpha value is -0.570. The average molecular weight is 251 g/mol. The van der Waals surface area contributed by atoms with Crippen LogP contribution in [0.2, 0.25) is 0 Å². The summed E-state index contributed by atoms with van der Waals surface area (Å²) in [4.78, 5) is 12.4. The Balaban J connectivity index is 1.59. The van der Waals surface area contributed by atoms with Crippen LogP contribution in [0.1, 0.15) is 64.7 Å². The molecular weight excluding hydrogens is 226 g/mol. The van der Waals surface area contributed by atoms with Gasteiger partial charge >= 0.3 is 0 Å². The van der Waals surface area contributed by atoms with Crippen LogP contribution in [0.5, 0.6) is 0 Å². The van der Waals surface area contributed by atoms with E-state index in [2.05, 4.69) is 12.2 Å². The summed E-state index contributed by atoms with van der Waals surface area (Å²) in [6, 6.07) is 0. The van der Waals surface area contributed by atoms with Crippen LogP contribution in [-0.4, -0.2) is 23.7 Å². The minimum atomic E-state index is 0.0371. The van der Waals surface area contributed by atoms with Gasteiger partial charge in [-0.2, -0.15) is 0 Å². The number of ether oxygens (including phenoxy) is 1. The largest absolute Gasteiger partial charge is 0.374 e. The number of fused-ring (bicyclic) bond motifs is 2. The molecule has 0 aromatic heterocycles. The van der Waals surface area contributed by atoms with Gasteiger partial charge in [0.25, 0.3) is 0 Å². The topological polar surface area (TPSA) is 38.3 Å². The molecule has 3 fully saturated rings. The van der Waals surface area contributed by atoms with Crippen molar-refractivity contribution in [3.05, 3.63) is 0 Å². The van der Waals surface area contributed by atoms with Gasteiger partial charge in [0.15, 0.2) is 0 Å². The highest BCUT2D eigenvalue weighted by molar-refractivity contribution is 5.80. The molecule has 2 heterocycles. The van der Waals surface area contributed by atoms with Gasteiger partial charge in [0, 0.05) is 5.54 Å². The number of hydrogen-bond donors (Lipinski definition) is 1. The van der Waals surface area contributed by atoms with Crippen LogP contribution in [0.3, 0.4) is 0 Å². The van der Waals surface area contributed by atoms with E-state index in [-0.39, 0.29) is 23.5 Å². The highest BCUT2D eigenvalue weighted by Gasteiger charge is 2.45. The molecular formula is C15H25NO2. The van der Waals surface area contributed by atoms with Crippen LogP contribution in [0.15, 0.2) is 0 Å². The number of carbonyl (C=O) groups excluding carboxylic acids is 1. The molecule has 1 aliphatic carbocycles. The van der Waals surface area contributed by atoms with E-state index in [0.717, 1.165) is 32.1 Å². The van der Waals surface area contributed by atoms with Gasteiger partial charge < -0.3 is 10.1 Å². The monoisotopic (exact) mass is 251 g/mol. The van der Waals surface area contributed by atoms with E-state index >= 15 is 0 Å². The number of hydrogen-bond acceptors (Lipinski definition) is 2. The van der Waals surface area contributed by atoms with Gasteiger partial charge in [-0.25, -0.2) is 0 Å². The number of carbonyl (C=O) groups is 1. The Bertz CT molecular complexity index is 320. The molecule has 1 N–H and O–H groups in total. The lowest BCUT2D eigenvalue weighted by atomic mass is 9.86. The molecule has 0 aromatic rings. The van der Waals surface area contributed by atoms with Crippen molar-refractivity contribution in [3.8, 4) is 0 Å². The molecule has 3 unspecified atom stereocenters.